The Morgan fingerprint density at radius 3 is 1.08 bits per heavy atom. The summed E-state index contributed by atoms with van der Waals surface area (Å²) in [5.41, 5.74) is 0.208. The van der Waals surface area contributed by atoms with E-state index >= 15 is 0 Å². The molecule has 0 aliphatic rings. The Morgan fingerprint density at radius 2 is 1.08 bits per heavy atom. The minimum Gasteiger partial charge on any atom is -0.206 e. The molecule has 0 radical (unpaired) electrons. The molecule has 0 aliphatic heterocycles. The molecule has 74 valence electrons. The molecule has 0 heterocycles. The summed E-state index contributed by atoms with van der Waals surface area (Å²) >= 11 is 0. The third-order valence-corrected chi connectivity index (χ3v) is 2.93. The van der Waals surface area contributed by atoms with Crippen molar-refractivity contribution in [2.75, 3.05) is 14.2 Å². The SMILES string of the molecule is CO[N+](C)(C(C)(C)C)C(C)(C)C. The van der Waals surface area contributed by atoms with Crippen LogP contribution in [0.5, 0.6) is 0 Å². The second-order valence-electron chi connectivity index (χ2n) is 5.45. The van der Waals surface area contributed by atoms with Crippen molar-refractivity contribution in [1.29, 1.82) is 0 Å². The summed E-state index contributed by atoms with van der Waals surface area (Å²) in [6.07, 6.45) is 0. The van der Waals surface area contributed by atoms with Crippen LogP contribution in [0.2, 0.25) is 0 Å². The van der Waals surface area contributed by atoms with E-state index in [0.717, 1.165) is 0 Å². The van der Waals surface area contributed by atoms with Crippen LogP contribution >= 0.6 is 0 Å². The third-order valence-electron chi connectivity index (χ3n) is 2.93. The number of hydrogen-bond donors (Lipinski definition) is 0. The van der Waals surface area contributed by atoms with Crippen LogP contribution in [0.1, 0.15) is 41.5 Å². The maximum Gasteiger partial charge on any atom is 0.121 e. The molecule has 0 saturated heterocycles. The zero-order chi connectivity index (χ0) is 10.2. The summed E-state index contributed by atoms with van der Waals surface area (Å²) in [7, 11) is 3.90. The van der Waals surface area contributed by atoms with Gasteiger partial charge in [-0.25, -0.2) is 4.84 Å². The smallest absolute Gasteiger partial charge is 0.121 e. The zero-order valence-corrected chi connectivity index (χ0v) is 9.86. The average molecular weight is 174 g/mol. The zero-order valence-electron chi connectivity index (χ0n) is 9.86. The fraction of sp³-hybridized carbons (Fsp3) is 1.00. The predicted molar refractivity (Wildman–Crippen MR) is 52.7 cm³/mol. The minimum absolute atomic E-state index is 0.104. The van der Waals surface area contributed by atoms with E-state index < -0.39 is 0 Å². The standard InChI is InChI=1S/C10H24NO/c1-9(2,3)11(7,12-8)10(4,5)6/h1-8H3/q+1. The van der Waals surface area contributed by atoms with Gasteiger partial charge in [0.1, 0.15) is 11.1 Å². The number of hydrogen-bond acceptors (Lipinski definition) is 1. The lowest BCUT2D eigenvalue weighted by atomic mass is 9.96. The fourth-order valence-electron chi connectivity index (χ4n) is 1.55. The second-order valence-corrected chi connectivity index (χ2v) is 5.45. The first-order valence-electron chi connectivity index (χ1n) is 4.49. The van der Waals surface area contributed by atoms with Crippen molar-refractivity contribution in [3.8, 4) is 0 Å². The van der Waals surface area contributed by atoms with Crippen molar-refractivity contribution in [1.82, 2.24) is 0 Å². The van der Waals surface area contributed by atoms with Gasteiger partial charge in [0, 0.05) is 0 Å². The molecule has 12 heavy (non-hydrogen) atoms. The predicted octanol–water partition coefficient (Wildman–Crippen LogP) is 2.59. The van der Waals surface area contributed by atoms with E-state index in [1.54, 1.807) is 7.11 Å². The molecule has 0 aromatic heterocycles. The third kappa shape index (κ3) is 1.80. The van der Waals surface area contributed by atoms with Crippen molar-refractivity contribution in [3.05, 3.63) is 0 Å². The van der Waals surface area contributed by atoms with Gasteiger partial charge in [-0.2, -0.15) is 4.65 Å². The molecular formula is C10H24NO+. The van der Waals surface area contributed by atoms with Gasteiger partial charge >= 0.3 is 0 Å². The Balaban J connectivity index is 4.95. The van der Waals surface area contributed by atoms with Crippen LogP contribution in [0.4, 0.5) is 0 Å². The van der Waals surface area contributed by atoms with Gasteiger partial charge in [-0.3, -0.25) is 0 Å². The molecule has 0 N–H and O–H groups in total. The van der Waals surface area contributed by atoms with Gasteiger partial charge in [-0.1, -0.05) is 0 Å². The van der Waals surface area contributed by atoms with Crippen LogP contribution in [0.25, 0.3) is 0 Å². The topological polar surface area (TPSA) is 9.23 Å². The van der Waals surface area contributed by atoms with E-state index in [1.165, 1.54) is 0 Å². The van der Waals surface area contributed by atoms with E-state index in [2.05, 4.69) is 48.6 Å². The highest BCUT2D eigenvalue weighted by molar-refractivity contribution is 4.68. The molecule has 0 atom stereocenters. The number of quaternary nitrogens is 1. The molecule has 0 rings (SSSR count). The van der Waals surface area contributed by atoms with Crippen LogP contribution in [0.15, 0.2) is 0 Å². The van der Waals surface area contributed by atoms with Gasteiger partial charge in [0.2, 0.25) is 0 Å². The monoisotopic (exact) mass is 174 g/mol. The fourth-order valence-corrected chi connectivity index (χ4v) is 1.55. The number of hydroxylamine groups is 3. The summed E-state index contributed by atoms with van der Waals surface area (Å²) in [5, 5.41) is 0. The molecule has 0 aromatic rings. The van der Waals surface area contributed by atoms with Gasteiger partial charge in [0.25, 0.3) is 0 Å². The second kappa shape index (κ2) is 3.00. The van der Waals surface area contributed by atoms with Crippen molar-refractivity contribution in [2.45, 2.75) is 52.6 Å². The Bertz CT molecular complexity index is 136. The van der Waals surface area contributed by atoms with Crippen molar-refractivity contribution < 1.29 is 9.48 Å². The van der Waals surface area contributed by atoms with Crippen LogP contribution in [-0.2, 0) is 4.84 Å². The van der Waals surface area contributed by atoms with E-state index in [1.807, 2.05) is 0 Å². The Hall–Kier alpha value is -0.0800. The Morgan fingerprint density at radius 1 is 0.833 bits per heavy atom. The van der Waals surface area contributed by atoms with Crippen LogP contribution in [0.3, 0.4) is 0 Å². The van der Waals surface area contributed by atoms with E-state index in [9.17, 15) is 0 Å². The normalized spacial score (nSPS) is 15.0. The van der Waals surface area contributed by atoms with Crippen molar-refractivity contribution in [3.63, 3.8) is 0 Å². The van der Waals surface area contributed by atoms with Crippen LogP contribution in [-0.4, -0.2) is 29.9 Å². The lowest BCUT2D eigenvalue weighted by Gasteiger charge is -2.50. The quantitative estimate of drug-likeness (QED) is 0.438. The van der Waals surface area contributed by atoms with E-state index in [-0.39, 0.29) is 11.1 Å². The average Bonchev–Trinajstić information content (AvgIpc) is 1.81. The highest BCUT2D eigenvalue weighted by atomic mass is 16.7. The molecule has 2 nitrogen and oxygen atoms in total. The molecule has 0 saturated carbocycles. The Kier molecular flexibility index (Phi) is 2.98. The summed E-state index contributed by atoms with van der Waals surface area (Å²) < 4.78 is 0.611. The van der Waals surface area contributed by atoms with E-state index in [4.69, 9.17) is 4.84 Å². The van der Waals surface area contributed by atoms with E-state index in [0.29, 0.717) is 4.65 Å². The first-order chi connectivity index (χ1) is 5.06. The van der Waals surface area contributed by atoms with Crippen LogP contribution < -0.4 is 0 Å². The van der Waals surface area contributed by atoms with Gasteiger partial charge in [-0.05, 0) is 41.5 Å². The lowest BCUT2D eigenvalue weighted by molar-refractivity contribution is -1.15. The maximum atomic E-state index is 5.60. The molecule has 0 fully saturated rings. The summed E-state index contributed by atoms with van der Waals surface area (Å²) in [6, 6.07) is 0. The van der Waals surface area contributed by atoms with Gasteiger partial charge < -0.3 is 0 Å². The molecule has 0 aliphatic carbocycles. The maximum absolute atomic E-state index is 5.60. The van der Waals surface area contributed by atoms with Crippen molar-refractivity contribution in [2.24, 2.45) is 0 Å². The molecule has 2 heteroatoms. The number of rotatable bonds is 1. The Labute approximate surface area is 77.1 Å². The van der Waals surface area contributed by atoms with Gasteiger partial charge in [-0.15, -0.1) is 0 Å². The first-order valence-corrected chi connectivity index (χ1v) is 4.49. The molecular weight excluding hydrogens is 150 g/mol. The van der Waals surface area contributed by atoms with Crippen LogP contribution in [0, 0.1) is 0 Å². The van der Waals surface area contributed by atoms with Gasteiger partial charge in [0.15, 0.2) is 0 Å². The highest BCUT2D eigenvalue weighted by Gasteiger charge is 2.47. The first kappa shape index (κ1) is 11.9. The summed E-state index contributed by atoms with van der Waals surface area (Å²) in [6.45, 7) is 13.2. The molecule has 0 unspecified atom stereocenters. The summed E-state index contributed by atoms with van der Waals surface area (Å²) in [4.78, 5) is 5.60. The molecule has 0 bridgehead atoms. The van der Waals surface area contributed by atoms with Crippen molar-refractivity contribution >= 4 is 0 Å². The van der Waals surface area contributed by atoms with Gasteiger partial charge in [0.05, 0.1) is 14.2 Å². The largest absolute Gasteiger partial charge is 0.206 e. The summed E-state index contributed by atoms with van der Waals surface area (Å²) in [5.74, 6) is 0. The molecule has 0 spiro atoms. The molecule has 0 aromatic carbocycles. The minimum atomic E-state index is 0.104. The lowest BCUT2D eigenvalue weighted by Crippen LogP contribution is -2.65. The molecule has 0 amide bonds. The highest BCUT2D eigenvalue weighted by Crippen LogP contribution is 2.32. The number of nitrogens with zero attached hydrogens (tertiary/aromatic N) is 1.